The molecule has 0 bridgehead atoms. The number of hydrogen-bond donors (Lipinski definition) is 1. The van der Waals surface area contributed by atoms with Crippen molar-refractivity contribution in [3.63, 3.8) is 0 Å². The zero-order valence-electron chi connectivity index (χ0n) is 14.9. The summed E-state index contributed by atoms with van der Waals surface area (Å²) in [7, 11) is 0. The Morgan fingerprint density at radius 3 is 1.59 bits per heavy atom. The molecule has 0 saturated heterocycles. The van der Waals surface area contributed by atoms with Crippen molar-refractivity contribution in [2.45, 2.75) is 12.1 Å². The summed E-state index contributed by atoms with van der Waals surface area (Å²) in [6, 6.07) is 31.3. The van der Waals surface area contributed by atoms with Crippen LogP contribution in [0.4, 0.5) is 0 Å². The fraction of sp³-hybridized carbons (Fsp3) is 0.0870. The highest BCUT2D eigenvalue weighted by molar-refractivity contribution is 5.50. The third-order valence-electron chi connectivity index (χ3n) is 4.80. The van der Waals surface area contributed by atoms with Gasteiger partial charge in [-0.15, -0.1) is 0 Å². The summed E-state index contributed by atoms with van der Waals surface area (Å²) in [6.07, 6.45) is 3.80. The SMILES string of the molecule is NOCc1cnn(C(c2ccccc2)(c2ccccc2)c2ccccc2)c1. The van der Waals surface area contributed by atoms with Crippen molar-refractivity contribution < 1.29 is 4.84 Å². The molecule has 1 heterocycles. The van der Waals surface area contributed by atoms with Crippen molar-refractivity contribution in [2.24, 2.45) is 5.90 Å². The molecule has 0 amide bonds. The molecule has 4 nitrogen and oxygen atoms in total. The largest absolute Gasteiger partial charge is 0.300 e. The van der Waals surface area contributed by atoms with Crippen LogP contribution < -0.4 is 5.90 Å². The molecule has 4 aromatic rings. The number of hydrogen-bond acceptors (Lipinski definition) is 3. The first-order valence-corrected chi connectivity index (χ1v) is 8.88. The van der Waals surface area contributed by atoms with Gasteiger partial charge in [0.15, 0.2) is 0 Å². The van der Waals surface area contributed by atoms with Gasteiger partial charge in [-0.25, -0.2) is 5.90 Å². The van der Waals surface area contributed by atoms with Gasteiger partial charge < -0.3 is 0 Å². The van der Waals surface area contributed by atoms with Gasteiger partial charge in [-0.1, -0.05) is 91.0 Å². The van der Waals surface area contributed by atoms with Gasteiger partial charge in [0.1, 0.15) is 5.54 Å². The predicted molar refractivity (Wildman–Crippen MR) is 106 cm³/mol. The fourth-order valence-corrected chi connectivity index (χ4v) is 3.65. The molecular formula is C23H21N3O. The topological polar surface area (TPSA) is 53.1 Å². The minimum Gasteiger partial charge on any atom is -0.300 e. The maximum atomic E-state index is 5.28. The van der Waals surface area contributed by atoms with Gasteiger partial charge in [0.05, 0.1) is 12.8 Å². The van der Waals surface area contributed by atoms with E-state index < -0.39 is 5.54 Å². The summed E-state index contributed by atoms with van der Waals surface area (Å²) in [5.74, 6) is 5.28. The highest BCUT2D eigenvalue weighted by Crippen LogP contribution is 2.40. The predicted octanol–water partition coefficient (Wildman–Crippen LogP) is 4.11. The van der Waals surface area contributed by atoms with E-state index in [1.165, 1.54) is 0 Å². The molecule has 0 fully saturated rings. The van der Waals surface area contributed by atoms with Crippen LogP contribution in [0.3, 0.4) is 0 Å². The summed E-state index contributed by atoms with van der Waals surface area (Å²) >= 11 is 0. The lowest BCUT2D eigenvalue weighted by molar-refractivity contribution is 0.124. The maximum absolute atomic E-state index is 5.28. The molecule has 0 saturated carbocycles. The van der Waals surface area contributed by atoms with Gasteiger partial charge in [-0.2, -0.15) is 5.10 Å². The van der Waals surface area contributed by atoms with Crippen LogP contribution in [0.2, 0.25) is 0 Å². The number of nitrogens with zero attached hydrogens (tertiary/aromatic N) is 2. The molecule has 134 valence electrons. The Kier molecular flexibility index (Phi) is 4.83. The zero-order chi connectivity index (χ0) is 18.5. The highest BCUT2D eigenvalue weighted by atomic mass is 16.6. The van der Waals surface area contributed by atoms with E-state index in [-0.39, 0.29) is 0 Å². The van der Waals surface area contributed by atoms with E-state index in [1.807, 2.05) is 29.1 Å². The van der Waals surface area contributed by atoms with E-state index in [2.05, 4.69) is 72.8 Å². The number of nitrogens with two attached hydrogens (primary N) is 1. The van der Waals surface area contributed by atoms with Gasteiger partial charge in [0.25, 0.3) is 0 Å². The lowest BCUT2D eigenvalue weighted by Gasteiger charge is -2.36. The Bertz CT molecular complexity index is 885. The van der Waals surface area contributed by atoms with E-state index in [0.717, 1.165) is 22.3 Å². The van der Waals surface area contributed by atoms with Crippen LogP contribution >= 0.6 is 0 Å². The monoisotopic (exact) mass is 355 g/mol. The normalized spacial score (nSPS) is 11.4. The quantitative estimate of drug-likeness (QED) is 0.418. The standard InChI is InChI=1S/C23H21N3O/c24-27-18-19-16-25-26(17-19)23(20-10-4-1-5-11-20,21-12-6-2-7-13-21)22-14-8-3-9-15-22/h1-17H,18,24H2. The Hall–Kier alpha value is -3.21. The molecular weight excluding hydrogens is 334 g/mol. The van der Waals surface area contributed by atoms with Gasteiger partial charge >= 0.3 is 0 Å². The van der Waals surface area contributed by atoms with E-state index >= 15 is 0 Å². The Labute approximate surface area is 158 Å². The van der Waals surface area contributed by atoms with Crippen molar-refractivity contribution in [3.8, 4) is 0 Å². The van der Waals surface area contributed by atoms with E-state index in [1.54, 1.807) is 6.20 Å². The van der Waals surface area contributed by atoms with Crippen molar-refractivity contribution in [1.82, 2.24) is 9.78 Å². The van der Waals surface area contributed by atoms with E-state index in [9.17, 15) is 0 Å². The summed E-state index contributed by atoms with van der Waals surface area (Å²) in [5.41, 5.74) is 3.71. The van der Waals surface area contributed by atoms with Crippen LogP contribution in [0.5, 0.6) is 0 Å². The van der Waals surface area contributed by atoms with Crippen molar-refractivity contribution in [3.05, 3.63) is 126 Å². The summed E-state index contributed by atoms with van der Waals surface area (Å²) in [4.78, 5) is 4.82. The zero-order valence-corrected chi connectivity index (χ0v) is 14.9. The smallest absolute Gasteiger partial charge is 0.138 e. The van der Waals surface area contributed by atoms with Gasteiger partial charge in [0.2, 0.25) is 0 Å². The molecule has 4 rings (SSSR count). The molecule has 2 N–H and O–H groups in total. The average Bonchev–Trinajstić information content (AvgIpc) is 3.20. The Balaban J connectivity index is 2.06. The van der Waals surface area contributed by atoms with E-state index in [4.69, 9.17) is 15.8 Å². The number of rotatable bonds is 6. The van der Waals surface area contributed by atoms with Gasteiger partial charge in [-0.3, -0.25) is 9.52 Å². The molecule has 4 heteroatoms. The van der Waals surface area contributed by atoms with Crippen molar-refractivity contribution >= 4 is 0 Å². The summed E-state index contributed by atoms with van der Waals surface area (Å²) in [6.45, 7) is 0.314. The Morgan fingerprint density at radius 1 is 0.741 bits per heavy atom. The summed E-state index contributed by atoms with van der Waals surface area (Å²) in [5, 5.41) is 4.72. The number of aromatic nitrogens is 2. The summed E-state index contributed by atoms with van der Waals surface area (Å²) < 4.78 is 2.00. The molecule has 0 radical (unpaired) electrons. The Morgan fingerprint density at radius 2 is 1.19 bits per heavy atom. The second-order valence-corrected chi connectivity index (χ2v) is 6.41. The van der Waals surface area contributed by atoms with E-state index in [0.29, 0.717) is 6.61 Å². The first-order chi connectivity index (χ1) is 13.4. The molecule has 0 atom stereocenters. The second kappa shape index (κ2) is 7.58. The average molecular weight is 355 g/mol. The van der Waals surface area contributed by atoms with Gasteiger partial charge in [0, 0.05) is 11.8 Å². The molecule has 3 aromatic carbocycles. The third-order valence-corrected chi connectivity index (χ3v) is 4.80. The first-order valence-electron chi connectivity index (χ1n) is 8.88. The fourth-order valence-electron chi connectivity index (χ4n) is 3.65. The molecule has 0 aliphatic rings. The minimum absolute atomic E-state index is 0.314. The molecule has 0 spiro atoms. The highest BCUT2D eigenvalue weighted by Gasteiger charge is 2.39. The van der Waals surface area contributed by atoms with Crippen LogP contribution in [0, 0.1) is 0 Å². The molecule has 0 unspecified atom stereocenters. The van der Waals surface area contributed by atoms with Crippen LogP contribution in [0.25, 0.3) is 0 Å². The first kappa shape index (κ1) is 17.2. The van der Waals surface area contributed by atoms with Crippen molar-refractivity contribution in [1.29, 1.82) is 0 Å². The van der Waals surface area contributed by atoms with Crippen molar-refractivity contribution in [2.75, 3.05) is 0 Å². The van der Waals surface area contributed by atoms with Crippen LogP contribution in [0.15, 0.2) is 103 Å². The second-order valence-electron chi connectivity index (χ2n) is 6.41. The van der Waals surface area contributed by atoms with Gasteiger partial charge in [-0.05, 0) is 16.7 Å². The van der Waals surface area contributed by atoms with Crippen LogP contribution in [-0.4, -0.2) is 9.78 Å². The molecule has 1 aromatic heterocycles. The van der Waals surface area contributed by atoms with Crippen LogP contribution in [-0.2, 0) is 17.0 Å². The maximum Gasteiger partial charge on any atom is 0.138 e. The molecule has 27 heavy (non-hydrogen) atoms. The lowest BCUT2D eigenvalue weighted by Crippen LogP contribution is -2.38. The van der Waals surface area contributed by atoms with Crippen LogP contribution in [0.1, 0.15) is 22.3 Å². The minimum atomic E-state index is -0.601. The number of benzene rings is 3. The lowest BCUT2D eigenvalue weighted by atomic mass is 9.77. The molecule has 0 aliphatic heterocycles. The molecule has 0 aliphatic carbocycles. The third kappa shape index (κ3) is 3.05.